The van der Waals surface area contributed by atoms with Crippen LogP contribution in [0.15, 0.2) is 0 Å². The minimum Gasteiger partial charge on any atom is -0.247 e. The molecule has 0 spiro atoms. The highest BCUT2D eigenvalue weighted by atomic mass is 32.3. The average molecular weight is 310 g/mol. The van der Waals surface area contributed by atoms with Crippen LogP contribution < -0.4 is 0 Å². The molecule has 0 aliphatic carbocycles. The highest BCUT2D eigenvalue weighted by Crippen LogP contribution is 2.10. The summed E-state index contributed by atoms with van der Waals surface area (Å²) in [5.74, 6) is 0. The van der Waals surface area contributed by atoms with Crippen LogP contribution >= 0.6 is 0 Å². The Morgan fingerprint density at radius 1 is 0.750 bits per heavy atom. The van der Waals surface area contributed by atoms with Crippen LogP contribution in [-0.2, 0) is 23.8 Å². The number of unbranched alkanes of at least 4 members (excludes halogenated alkanes) is 9. The van der Waals surface area contributed by atoms with Crippen molar-refractivity contribution in [3.05, 3.63) is 0 Å². The van der Waals surface area contributed by atoms with Gasteiger partial charge in [0.05, 0.1) is 13.2 Å². The van der Waals surface area contributed by atoms with E-state index in [1.807, 2.05) is 0 Å². The Kier molecular flexibility index (Phi) is 13.7. The lowest BCUT2D eigenvalue weighted by Gasteiger charge is -2.04. The summed E-state index contributed by atoms with van der Waals surface area (Å²) in [6.45, 7) is 4.13. The standard InChI is InChI=1S/C14H30O5S/c1-3-5-6-7-8-9-10-11-12-13-14-17-19-20(15,16)18-4-2/h3-14H2,1-2H3. The van der Waals surface area contributed by atoms with Crippen LogP contribution in [-0.4, -0.2) is 21.6 Å². The van der Waals surface area contributed by atoms with E-state index in [1.165, 1.54) is 44.9 Å². The largest absolute Gasteiger partial charge is 0.426 e. The zero-order valence-electron chi connectivity index (χ0n) is 12.9. The van der Waals surface area contributed by atoms with Crippen LogP contribution in [0, 0.1) is 0 Å². The molecule has 0 aromatic rings. The zero-order chi connectivity index (χ0) is 15.1. The Labute approximate surface area is 124 Å². The molecule has 0 N–H and O–H groups in total. The van der Waals surface area contributed by atoms with Gasteiger partial charge in [0.15, 0.2) is 0 Å². The van der Waals surface area contributed by atoms with Crippen molar-refractivity contribution in [1.29, 1.82) is 0 Å². The van der Waals surface area contributed by atoms with Gasteiger partial charge in [-0.15, -0.1) is 0 Å². The highest BCUT2D eigenvalue weighted by Gasteiger charge is 2.11. The van der Waals surface area contributed by atoms with E-state index in [9.17, 15) is 8.42 Å². The third-order valence-electron chi connectivity index (χ3n) is 2.97. The molecular formula is C14H30O5S. The normalized spacial score (nSPS) is 11.9. The molecule has 0 atom stereocenters. The Balaban J connectivity index is 3.17. The fourth-order valence-corrected chi connectivity index (χ4v) is 2.42. The summed E-state index contributed by atoms with van der Waals surface area (Å²) in [6, 6.07) is 0. The van der Waals surface area contributed by atoms with E-state index in [4.69, 9.17) is 0 Å². The second kappa shape index (κ2) is 13.8. The van der Waals surface area contributed by atoms with E-state index in [0.29, 0.717) is 0 Å². The van der Waals surface area contributed by atoms with Gasteiger partial charge in [-0.25, -0.2) is 9.07 Å². The van der Waals surface area contributed by atoms with Crippen LogP contribution in [0.4, 0.5) is 0 Å². The fourth-order valence-electron chi connectivity index (χ4n) is 1.91. The molecule has 5 nitrogen and oxygen atoms in total. The van der Waals surface area contributed by atoms with Gasteiger partial charge < -0.3 is 0 Å². The van der Waals surface area contributed by atoms with Gasteiger partial charge >= 0.3 is 10.4 Å². The molecule has 0 aromatic heterocycles. The Morgan fingerprint density at radius 3 is 1.75 bits per heavy atom. The van der Waals surface area contributed by atoms with Gasteiger partial charge in [0, 0.05) is 0 Å². The van der Waals surface area contributed by atoms with Crippen molar-refractivity contribution >= 4 is 10.4 Å². The molecule has 0 heterocycles. The first kappa shape index (κ1) is 19.8. The number of rotatable bonds is 15. The van der Waals surface area contributed by atoms with Crippen molar-refractivity contribution in [3.63, 3.8) is 0 Å². The van der Waals surface area contributed by atoms with Gasteiger partial charge in [0.25, 0.3) is 0 Å². The van der Waals surface area contributed by atoms with Gasteiger partial charge in [-0.1, -0.05) is 69.0 Å². The molecule has 0 fully saturated rings. The fraction of sp³-hybridized carbons (Fsp3) is 1.00. The van der Waals surface area contributed by atoms with Crippen molar-refractivity contribution < 1.29 is 21.8 Å². The molecule has 0 saturated heterocycles. The molecule has 0 unspecified atom stereocenters. The Bertz CT molecular complexity index is 290. The lowest BCUT2D eigenvalue weighted by atomic mass is 10.1. The monoisotopic (exact) mass is 310 g/mol. The van der Waals surface area contributed by atoms with E-state index in [2.05, 4.69) is 20.3 Å². The molecule has 0 bridgehead atoms. The van der Waals surface area contributed by atoms with Crippen molar-refractivity contribution in [3.8, 4) is 0 Å². The van der Waals surface area contributed by atoms with Gasteiger partial charge in [-0.2, -0.15) is 8.42 Å². The third-order valence-corrected chi connectivity index (χ3v) is 3.76. The van der Waals surface area contributed by atoms with E-state index >= 15 is 0 Å². The first-order chi connectivity index (χ1) is 9.62. The summed E-state index contributed by atoms with van der Waals surface area (Å²) in [5, 5.41) is 0. The average Bonchev–Trinajstić information content (AvgIpc) is 2.40. The lowest BCUT2D eigenvalue weighted by Crippen LogP contribution is -2.11. The van der Waals surface area contributed by atoms with Crippen LogP contribution in [0.5, 0.6) is 0 Å². The van der Waals surface area contributed by atoms with E-state index in [0.717, 1.165) is 19.3 Å². The molecular weight excluding hydrogens is 280 g/mol. The molecule has 0 saturated carbocycles. The highest BCUT2D eigenvalue weighted by molar-refractivity contribution is 7.81. The molecule has 0 aromatic carbocycles. The molecule has 122 valence electrons. The van der Waals surface area contributed by atoms with Crippen LogP contribution in [0.3, 0.4) is 0 Å². The second-order valence-corrected chi connectivity index (χ2v) is 6.08. The molecule has 6 heteroatoms. The predicted molar refractivity (Wildman–Crippen MR) is 79.4 cm³/mol. The SMILES string of the molecule is CCCCCCCCCCCCOOS(=O)(=O)OCC. The van der Waals surface area contributed by atoms with Crippen molar-refractivity contribution in [1.82, 2.24) is 0 Å². The minimum atomic E-state index is -3.97. The van der Waals surface area contributed by atoms with E-state index < -0.39 is 10.4 Å². The van der Waals surface area contributed by atoms with Crippen molar-refractivity contribution in [2.75, 3.05) is 13.2 Å². The summed E-state index contributed by atoms with van der Waals surface area (Å²) >= 11 is 0. The molecule has 0 amide bonds. The Hall–Kier alpha value is -0.170. The lowest BCUT2D eigenvalue weighted by molar-refractivity contribution is -0.210. The second-order valence-electron chi connectivity index (χ2n) is 4.89. The van der Waals surface area contributed by atoms with Crippen LogP contribution in [0.2, 0.25) is 0 Å². The smallest absolute Gasteiger partial charge is 0.247 e. The summed E-state index contributed by atoms with van der Waals surface area (Å²) in [6.07, 6.45) is 12.2. The third kappa shape index (κ3) is 14.2. The van der Waals surface area contributed by atoms with Gasteiger partial charge in [-0.3, -0.25) is 0 Å². The molecule has 0 aliphatic heterocycles. The molecule has 0 rings (SSSR count). The Morgan fingerprint density at radius 2 is 1.25 bits per heavy atom. The maximum atomic E-state index is 10.9. The zero-order valence-corrected chi connectivity index (χ0v) is 13.8. The summed E-state index contributed by atoms with van der Waals surface area (Å²) in [5.41, 5.74) is 0. The maximum absolute atomic E-state index is 10.9. The van der Waals surface area contributed by atoms with E-state index in [-0.39, 0.29) is 13.2 Å². The molecule has 0 aliphatic rings. The summed E-state index contributed by atoms with van der Waals surface area (Å²) < 4.78 is 30.4. The van der Waals surface area contributed by atoms with Crippen molar-refractivity contribution in [2.45, 2.75) is 78.1 Å². The van der Waals surface area contributed by atoms with E-state index in [1.54, 1.807) is 6.92 Å². The van der Waals surface area contributed by atoms with Crippen LogP contribution in [0.1, 0.15) is 78.1 Å². The maximum Gasteiger partial charge on any atom is 0.426 e. The first-order valence-electron chi connectivity index (χ1n) is 7.82. The van der Waals surface area contributed by atoms with Gasteiger partial charge in [-0.05, 0) is 13.3 Å². The van der Waals surface area contributed by atoms with Crippen molar-refractivity contribution in [2.24, 2.45) is 0 Å². The number of hydrogen-bond donors (Lipinski definition) is 0. The summed E-state index contributed by atoms with van der Waals surface area (Å²) in [4.78, 5) is 4.61. The molecule has 20 heavy (non-hydrogen) atoms. The van der Waals surface area contributed by atoms with Gasteiger partial charge in [0.1, 0.15) is 0 Å². The first-order valence-corrected chi connectivity index (χ1v) is 9.16. The van der Waals surface area contributed by atoms with Gasteiger partial charge in [0.2, 0.25) is 0 Å². The van der Waals surface area contributed by atoms with Crippen LogP contribution in [0.25, 0.3) is 0 Å². The minimum absolute atomic E-state index is 0.0456. The quantitative estimate of drug-likeness (QED) is 0.258. The number of hydrogen-bond acceptors (Lipinski definition) is 5. The predicted octanol–water partition coefficient (Wildman–Crippen LogP) is 4.14. The molecule has 0 radical (unpaired) electrons. The summed E-state index contributed by atoms with van der Waals surface area (Å²) in [7, 11) is -3.97. The topological polar surface area (TPSA) is 61.8 Å².